The number of hydrogen-bond acceptors (Lipinski definition) is 5. The fourth-order valence-electron chi connectivity index (χ4n) is 2.94. The molecule has 3 rings (SSSR count). The number of rotatable bonds is 10. The molecule has 2 N–H and O–H groups in total. The number of nitrogens with zero attached hydrogens (tertiary/aromatic N) is 1. The van der Waals surface area contributed by atoms with E-state index < -0.39 is 0 Å². The smallest absolute Gasteiger partial charge is 0.231 e. The minimum Gasteiger partial charge on any atom is -0.497 e. The Labute approximate surface area is 172 Å². The van der Waals surface area contributed by atoms with Crippen molar-refractivity contribution in [2.75, 3.05) is 40.6 Å². The van der Waals surface area contributed by atoms with Gasteiger partial charge in [0.1, 0.15) is 5.75 Å². The molecule has 0 amide bonds. The summed E-state index contributed by atoms with van der Waals surface area (Å²) >= 11 is 0. The number of benzene rings is 2. The van der Waals surface area contributed by atoms with Gasteiger partial charge in [0.15, 0.2) is 17.5 Å². The summed E-state index contributed by atoms with van der Waals surface area (Å²) in [7, 11) is 3.44. The molecule has 0 saturated carbocycles. The molecule has 0 aliphatic carbocycles. The molecule has 7 heteroatoms. The Kier molecular flexibility index (Phi) is 8.01. The summed E-state index contributed by atoms with van der Waals surface area (Å²) in [5.74, 6) is 3.28. The zero-order chi connectivity index (χ0) is 20.3. The zero-order valence-electron chi connectivity index (χ0n) is 17.1. The molecule has 0 bridgehead atoms. The Bertz CT molecular complexity index is 793. The molecule has 1 aliphatic heterocycles. The van der Waals surface area contributed by atoms with Crippen LogP contribution in [0.25, 0.3) is 0 Å². The summed E-state index contributed by atoms with van der Waals surface area (Å²) in [6, 6.07) is 14.0. The van der Waals surface area contributed by atoms with E-state index in [-0.39, 0.29) is 0 Å². The third kappa shape index (κ3) is 6.57. The zero-order valence-corrected chi connectivity index (χ0v) is 17.1. The van der Waals surface area contributed by atoms with Crippen molar-refractivity contribution in [3.63, 3.8) is 0 Å². The van der Waals surface area contributed by atoms with Crippen molar-refractivity contribution < 1.29 is 18.9 Å². The molecule has 2 aromatic carbocycles. The SMILES string of the molecule is CN=C(NCCCOCc1ccc(OC)cc1)NCCc1ccc2c(c1)OCO2. The van der Waals surface area contributed by atoms with E-state index in [9.17, 15) is 0 Å². The maximum atomic E-state index is 5.72. The van der Waals surface area contributed by atoms with E-state index in [1.54, 1.807) is 14.2 Å². The van der Waals surface area contributed by atoms with Gasteiger partial charge >= 0.3 is 0 Å². The van der Waals surface area contributed by atoms with E-state index in [0.29, 0.717) is 20.0 Å². The lowest BCUT2D eigenvalue weighted by molar-refractivity contribution is 0.119. The van der Waals surface area contributed by atoms with Crippen molar-refractivity contribution in [2.45, 2.75) is 19.4 Å². The highest BCUT2D eigenvalue weighted by Crippen LogP contribution is 2.32. The van der Waals surface area contributed by atoms with Crippen LogP contribution in [0.4, 0.5) is 0 Å². The lowest BCUT2D eigenvalue weighted by Gasteiger charge is -2.12. The summed E-state index contributed by atoms with van der Waals surface area (Å²) in [5.41, 5.74) is 2.34. The molecular formula is C22H29N3O4. The number of ether oxygens (including phenoxy) is 4. The van der Waals surface area contributed by atoms with E-state index in [2.05, 4.69) is 21.7 Å². The molecule has 0 radical (unpaired) electrons. The van der Waals surface area contributed by atoms with Crippen LogP contribution in [0.1, 0.15) is 17.5 Å². The molecule has 2 aromatic rings. The molecule has 1 heterocycles. The third-order valence-electron chi connectivity index (χ3n) is 4.55. The second-order valence-electron chi connectivity index (χ2n) is 6.62. The molecule has 156 valence electrons. The minimum atomic E-state index is 0.303. The summed E-state index contributed by atoms with van der Waals surface area (Å²) in [5, 5.41) is 6.64. The minimum absolute atomic E-state index is 0.303. The lowest BCUT2D eigenvalue weighted by Crippen LogP contribution is -2.39. The first-order valence-electron chi connectivity index (χ1n) is 9.82. The molecule has 1 aliphatic rings. The Balaban J connectivity index is 1.26. The van der Waals surface area contributed by atoms with E-state index in [0.717, 1.165) is 54.7 Å². The standard InChI is InChI=1S/C22H29N3O4/c1-23-22(25-12-10-17-6-9-20-21(14-17)29-16-28-20)24-11-3-13-27-15-18-4-7-19(26-2)8-5-18/h4-9,14H,3,10-13,15-16H2,1-2H3,(H2,23,24,25). The Morgan fingerprint density at radius 3 is 2.55 bits per heavy atom. The van der Waals surface area contributed by atoms with Gasteiger partial charge in [0.05, 0.1) is 13.7 Å². The molecule has 0 atom stereocenters. The first-order chi connectivity index (χ1) is 14.3. The first kappa shape index (κ1) is 20.8. The third-order valence-corrected chi connectivity index (χ3v) is 4.55. The van der Waals surface area contributed by atoms with Crippen LogP contribution in [0, 0.1) is 0 Å². The summed E-state index contributed by atoms with van der Waals surface area (Å²) < 4.78 is 21.6. The molecule has 7 nitrogen and oxygen atoms in total. The topological polar surface area (TPSA) is 73.3 Å². The number of hydrogen-bond donors (Lipinski definition) is 2. The van der Waals surface area contributed by atoms with Crippen LogP contribution in [-0.4, -0.2) is 46.6 Å². The highest BCUT2D eigenvalue weighted by atomic mass is 16.7. The molecule has 0 fully saturated rings. The van der Waals surface area contributed by atoms with E-state index in [1.165, 1.54) is 5.56 Å². The Morgan fingerprint density at radius 1 is 1.00 bits per heavy atom. The van der Waals surface area contributed by atoms with Crippen molar-refractivity contribution >= 4 is 5.96 Å². The number of methoxy groups -OCH3 is 1. The summed E-state index contributed by atoms with van der Waals surface area (Å²) in [4.78, 5) is 4.26. The highest BCUT2D eigenvalue weighted by molar-refractivity contribution is 5.79. The van der Waals surface area contributed by atoms with Gasteiger partial charge in [0.2, 0.25) is 6.79 Å². The van der Waals surface area contributed by atoms with E-state index in [1.807, 2.05) is 36.4 Å². The molecule has 0 spiro atoms. The van der Waals surface area contributed by atoms with Crippen LogP contribution in [0.3, 0.4) is 0 Å². The van der Waals surface area contributed by atoms with Crippen molar-refractivity contribution in [1.82, 2.24) is 10.6 Å². The quantitative estimate of drug-likeness (QED) is 0.364. The number of fused-ring (bicyclic) bond motifs is 1. The van der Waals surface area contributed by atoms with Gasteiger partial charge in [-0.25, -0.2) is 0 Å². The summed E-state index contributed by atoms with van der Waals surface area (Å²) in [6.07, 6.45) is 1.78. The van der Waals surface area contributed by atoms with Gasteiger partial charge in [-0.15, -0.1) is 0 Å². The van der Waals surface area contributed by atoms with Crippen LogP contribution in [-0.2, 0) is 17.8 Å². The van der Waals surface area contributed by atoms with Gasteiger partial charge in [-0.1, -0.05) is 18.2 Å². The van der Waals surface area contributed by atoms with Gasteiger partial charge in [-0.05, 0) is 48.2 Å². The number of aliphatic imine (C=N–C) groups is 1. The number of guanidine groups is 1. The summed E-state index contributed by atoms with van der Waals surface area (Å²) in [6.45, 7) is 3.18. The average Bonchev–Trinajstić information content (AvgIpc) is 3.23. The van der Waals surface area contributed by atoms with E-state index in [4.69, 9.17) is 18.9 Å². The lowest BCUT2D eigenvalue weighted by atomic mass is 10.1. The van der Waals surface area contributed by atoms with Gasteiger partial charge < -0.3 is 29.6 Å². The molecular weight excluding hydrogens is 370 g/mol. The maximum Gasteiger partial charge on any atom is 0.231 e. The van der Waals surface area contributed by atoms with Crippen LogP contribution >= 0.6 is 0 Å². The second-order valence-corrected chi connectivity index (χ2v) is 6.62. The second kappa shape index (κ2) is 11.2. The highest BCUT2D eigenvalue weighted by Gasteiger charge is 2.12. The molecule has 29 heavy (non-hydrogen) atoms. The predicted molar refractivity (Wildman–Crippen MR) is 113 cm³/mol. The van der Waals surface area contributed by atoms with Gasteiger partial charge in [-0.3, -0.25) is 4.99 Å². The van der Waals surface area contributed by atoms with Crippen LogP contribution < -0.4 is 24.8 Å². The fraction of sp³-hybridized carbons (Fsp3) is 0.409. The average molecular weight is 399 g/mol. The van der Waals surface area contributed by atoms with Crippen LogP contribution in [0.2, 0.25) is 0 Å². The van der Waals surface area contributed by atoms with Crippen molar-refractivity contribution in [3.05, 3.63) is 53.6 Å². The van der Waals surface area contributed by atoms with Crippen molar-refractivity contribution in [3.8, 4) is 17.2 Å². The van der Waals surface area contributed by atoms with E-state index >= 15 is 0 Å². The Hall–Kier alpha value is -2.93. The maximum absolute atomic E-state index is 5.72. The van der Waals surface area contributed by atoms with Gasteiger partial charge in [-0.2, -0.15) is 0 Å². The molecule has 0 unspecified atom stereocenters. The van der Waals surface area contributed by atoms with Gasteiger partial charge in [0, 0.05) is 26.7 Å². The van der Waals surface area contributed by atoms with Crippen LogP contribution in [0.15, 0.2) is 47.5 Å². The molecule has 0 aromatic heterocycles. The fourth-order valence-corrected chi connectivity index (χ4v) is 2.94. The Morgan fingerprint density at radius 2 is 1.76 bits per heavy atom. The largest absolute Gasteiger partial charge is 0.497 e. The predicted octanol–water partition coefficient (Wildman–Crippen LogP) is 2.74. The van der Waals surface area contributed by atoms with Crippen molar-refractivity contribution in [1.29, 1.82) is 0 Å². The van der Waals surface area contributed by atoms with Crippen LogP contribution in [0.5, 0.6) is 17.2 Å². The van der Waals surface area contributed by atoms with Gasteiger partial charge in [0.25, 0.3) is 0 Å². The first-order valence-corrected chi connectivity index (χ1v) is 9.82. The number of nitrogens with one attached hydrogen (secondary N) is 2. The monoisotopic (exact) mass is 399 g/mol. The normalized spacial score (nSPS) is 12.7. The molecule has 0 saturated heterocycles. The van der Waals surface area contributed by atoms with Crippen molar-refractivity contribution in [2.24, 2.45) is 4.99 Å².